The Bertz CT molecular complexity index is 1720. The fourth-order valence-electron chi connectivity index (χ4n) is 3.66. The molecule has 40 heavy (non-hydrogen) atoms. The molecule has 0 radical (unpaired) electrons. The van der Waals surface area contributed by atoms with Crippen molar-refractivity contribution in [1.29, 1.82) is 0 Å². The normalized spacial score (nSPS) is 11.5. The molecular formula is C27H23BrClN3O6S2. The zero-order valence-corrected chi connectivity index (χ0v) is 24.9. The maximum Gasteiger partial charge on any atom is 0.264 e. The molecule has 9 nitrogen and oxygen atoms in total. The van der Waals surface area contributed by atoms with Gasteiger partial charge in [-0.1, -0.05) is 45.7 Å². The van der Waals surface area contributed by atoms with Crippen molar-refractivity contribution in [3.8, 4) is 5.75 Å². The van der Waals surface area contributed by atoms with Crippen molar-refractivity contribution in [2.45, 2.75) is 9.79 Å². The number of anilines is 3. The van der Waals surface area contributed by atoms with Crippen LogP contribution in [0.15, 0.2) is 111 Å². The maximum absolute atomic E-state index is 13.6. The molecule has 0 fully saturated rings. The van der Waals surface area contributed by atoms with Gasteiger partial charge in [0.2, 0.25) is 5.91 Å². The van der Waals surface area contributed by atoms with Crippen LogP contribution in [0.25, 0.3) is 0 Å². The second kappa shape index (κ2) is 12.3. The van der Waals surface area contributed by atoms with E-state index < -0.39 is 32.5 Å². The van der Waals surface area contributed by atoms with Gasteiger partial charge in [-0.05, 0) is 78.9 Å². The van der Waals surface area contributed by atoms with E-state index >= 15 is 0 Å². The quantitative estimate of drug-likeness (QED) is 0.223. The van der Waals surface area contributed by atoms with Crippen LogP contribution in [0.2, 0.25) is 5.02 Å². The number of hydrogen-bond acceptors (Lipinski definition) is 6. The molecule has 0 aliphatic rings. The highest BCUT2D eigenvalue weighted by molar-refractivity contribution is 9.10. The van der Waals surface area contributed by atoms with E-state index in [1.54, 1.807) is 48.5 Å². The molecule has 2 N–H and O–H groups in total. The number of ether oxygens (including phenoxy) is 1. The summed E-state index contributed by atoms with van der Waals surface area (Å²) in [5.41, 5.74) is 0.730. The third-order valence-corrected chi connectivity index (χ3v) is 9.51. The fourth-order valence-corrected chi connectivity index (χ4v) is 6.59. The highest BCUT2D eigenvalue weighted by Gasteiger charge is 2.29. The molecule has 13 heteroatoms. The van der Waals surface area contributed by atoms with Gasteiger partial charge < -0.3 is 10.1 Å². The molecule has 0 aromatic heterocycles. The summed E-state index contributed by atoms with van der Waals surface area (Å²) in [6, 6.07) is 24.2. The van der Waals surface area contributed by atoms with Crippen molar-refractivity contribution in [1.82, 2.24) is 0 Å². The number of hydrogen-bond donors (Lipinski definition) is 2. The van der Waals surface area contributed by atoms with Crippen molar-refractivity contribution in [3.05, 3.63) is 107 Å². The monoisotopic (exact) mass is 663 g/mol. The van der Waals surface area contributed by atoms with Gasteiger partial charge in [0.25, 0.3) is 20.0 Å². The van der Waals surface area contributed by atoms with Crippen LogP contribution in [-0.4, -0.2) is 36.4 Å². The van der Waals surface area contributed by atoms with Crippen LogP contribution < -0.4 is 19.1 Å². The van der Waals surface area contributed by atoms with Crippen molar-refractivity contribution in [3.63, 3.8) is 0 Å². The summed E-state index contributed by atoms with van der Waals surface area (Å²) in [7, 11) is -6.71. The van der Waals surface area contributed by atoms with Crippen molar-refractivity contribution in [2.75, 3.05) is 28.0 Å². The third-order valence-electron chi connectivity index (χ3n) is 5.57. The van der Waals surface area contributed by atoms with Crippen LogP contribution in [0.1, 0.15) is 0 Å². The summed E-state index contributed by atoms with van der Waals surface area (Å²) in [4.78, 5) is 13.0. The average molecular weight is 665 g/mol. The molecule has 208 valence electrons. The Morgan fingerprint density at radius 1 is 0.850 bits per heavy atom. The van der Waals surface area contributed by atoms with E-state index in [9.17, 15) is 21.6 Å². The lowest BCUT2D eigenvalue weighted by atomic mass is 10.3. The fraction of sp³-hybridized carbons (Fsp3) is 0.0741. The topological polar surface area (TPSA) is 122 Å². The first-order valence-corrected chi connectivity index (χ1v) is 15.7. The Morgan fingerprint density at radius 3 is 2.10 bits per heavy atom. The van der Waals surface area contributed by atoms with E-state index in [0.717, 1.165) is 8.78 Å². The number of methoxy groups -OCH3 is 1. The first kappa shape index (κ1) is 29.4. The molecule has 0 unspecified atom stereocenters. The van der Waals surface area contributed by atoms with Crippen LogP contribution in [0, 0.1) is 0 Å². The Kier molecular flexibility index (Phi) is 9.04. The largest absolute Gasteiger partial charge is 0.495 e. The van der Waals surface area contributed by atoms with E-state index in [4.69, 9.17) is 16.3 Å². The van der Waals surface area contributed by atoms with Crippen molar-refractivity contribution in [2.24, 2.45) is 0 Å². The average Bonchev–Trinajstić information content (AvgIpc) is 2.93. The van der Waals surface area contributed by atoms with Gasteiger partial charge >= 0.3 is 0 Å². The molecule has 0 aliphatic carbocycles. The Labute approximate surface area is 246 Å². The number of nitrogens with zero attached hydrogens (tertiary/aromatic N) is 1. The highest BCUT2D eigenvalue weighted by atomic mass is 79.9. The molecule has 0 atom stereocenters. The molecule has 0 aliphatic heterocycles. The van der Waals surface area contributed by atoms with Gasteiger partial charge in [0.05, 0.1) is 22.6 Å². The molecule has 4 rings (SSSR count). The number of sulfonamides is 2. The number of benzene rings is 4. The lowest BCUT2D eigenvalue weighted by Crippen LogP contribution is -2.38. The second-order valence-electron chi connectivity index (χ2n) is 8.33. The van der Waals surface area contributed by atoms with Gasteiger partial charge in [0.15, 0.2) is 0 Å². The van der Waals surface area contributed by atoms with Crippen LogP contribution >= 0.6 is 27.5 Å². The molecule has 0 saturated heterocycles. The summed E-state index contributed by atoms with van der Waals surface area (Å²) in [5.74, 6) is -0.477. The molecule has 0 bridgehead atoms. The lowest BCUT2D eigenvalue weighted by Gasteiger charge is -2.26. The number of rotatable bonds is 10. The van der Waals surface area contributed by atoms with Crippen LogP contribution in [-0.2, 0) is 24.8 Å². The Hall–Kier alpha value is -3.58. The van der Waals surface area contributed by atoms with Crippen LogP contribution in [0.4, 0.5) is 17.1 Å². The summed E-state index contributed by atoms with van der Waals surface area (Å²) in [6.45, 7) is -0.612. The first-order valence-electron chi connectivity index (χ1n) is 11.6. The Morgan fingerprint density at radius 2 is 1.48 bits per heavy atom. The first-order chi connectivity index (χ1) is 19.0. The summed E-state index contributed by atoms with van der Waals surface area (Å²) in [5, 5.41) is 2.86. The molecular weight excluding hydrogens is 642 g/mol. The smallest absolute Gasteiger partial charge is 0.264 e. The van der Waals surface area contributed by atoms with Gasteiger partial charge in [-0.15, -0.1) is 0 Å². The minimum atomic E-state index is -4.21. The number of nitrogens with one attached hydrogen (secondary N) is 2. The van der Waals surface area contributed by atoms with E-state index in [0.29, 0.717) is 5.69 Å². The van der Waals surface area contributed by atoms with Crippen LogP contribution in [0.3, 0.4) is 0 Å². The predicted molar refractivity (Wildman–Crippen MR) is 159 cm³/mol. The zero-order valence-electron chi connectivity index (χ0n) is 20.9. The SMILES string of the molecule is COc1ccc(Cl)cc1N(CC(=O)Nc1ccc(S(=O)(=O)Nc2ccc(Br)cc2)cc1)S(=O)(=O)c1ccccc1. The molecule has 0 heterocycles. The Balaban J connectivity index is 1.56. The zero-order chi connectivity index (χ0) is 28.9. The number of carbonyl (C=O) groups is 1. The van der Waals surface area contributed by atoms with E-state index in [-0.39, 0.29) is 31.9 Å². The minimum absolute atomic E-state index is 0.0228. The number of halogens is 2. The van der Waals surface area contributed by atoms with Gasteiger partial charge in [0.1, 0.15) is 12.3 Å². The standard InChI is InChI=1S/C27H23BrClN3O6S2/c1-38-26-16-9-20(29)17-25(26)32(40(36,37)24-5-3-2-4-6-24)18-27(33)30-21-12-14-23(15-13-21)39(34,35)31-22-10-7-19(28)8-11-22/h2-17,31H,18H2,1H3,(H,30,33). The maximum atomic E-state index is 13.6. The minimum Gasteiger partial charge on any atom is -0.495 e. The van der Waals surface area contributed by atoms with Crippen molar-refractivity contribution >= 4 is 70.5 Å². The number of amides is 1. The van der Waals surface area contributed by atoms with Crippen molar-refractivity contribution < 1.29 is 26.4 Å². The van der Waals surface area contributed by atoms with E-state index in [2.05, 4.69) is 26.0 Å². The number of carbonyl (C=O) groups excluding carboxylic acids is 1. The summed E-state index contributed by atoms with van der Waals surface area (Å²) in [6.07, 6.45) is 0. The predicted octanol–water partition coefficient (Wildman–Crippen LogP) is 5.75. The molecule has 1 amide bonds. The van der Waals surface area contributed by atoms with E-state index in [1.165, 1.54) is 55.6 Å². The van der Waals surface area contributed by atoms with Gasteiger partial charge in [-0.2, -0.15) is 0 Å². The van der Waals surface area contributed by atoms with Gasteiger partial charge in [-0.25, -0.2) is 16.8 Å². The molecule has 4 aromatic rings. The summed E-state index contributed by atoms with van der Waals surface area (Å²) < 4.78 is 62.2. The molecule has 0 saturated carbocycles. The summed E-state index contributed by atoms with van der Waals surface area (Å²) >= 11 is 9.45. The second-order valence-corrected chi connectivity index (χ2v) is 13.2. The molecule has 0 spiro atoms. The van der Waals surface area contributed by atoms with Gasteiger partial charge in [0, 0.05) is 20.9 Å². The lowest BCUT2D eigenvalue weighted by molar-refractivity contribution is -0.114. The van der Waals surface area contributed by atoms with E-state index in [1.807, 2.05) is 0 Å². The highest BCUT2D eigenvalue weighted by Crippen LogP contribution is 2.35. The van der Waals surface area contributed by atoms with Gasteiger partial charge in [-0.3, -0.25) is 13.8 Å². The third kappa shape index (κ3) is 6.94. The van der Waals surface area contributed by atoms with Crippen LogP contribution in [0.5, 0.6) is 5.75 Å². The molecule has 4 aromatic carbocycles.